The van der Waals surface area contributed by atoms with E-state index in [9.17, 15) is 4.39 Å². The van der Waals surface area contributed by atoms with Crippen molar-refractivity contribution in [3.05, 3.63) is 29.6 Å². The Morgan fingerprint density at radius 3 is 2.67 bits per heavy atom. The number of benzene rings is 1. The van der Waals surface area contributed by atoms with Gasteiger partial charge in [0.25, 0.3) is 0 Å². The molecule has 18 heavy (non-hydrogen) atoms. The van der Waals surface area contributed by atoms with Gasteiger partial charge in [-0.25, -0.2) is 15.2 Å². The van der Waals surface area contributed by atoms with Gasteiger partial charge in [-0.1, -0.05) is 12.8 Å². The molecule has 0 unspecified atom stereocenters. The van der Waals surface area contributed by atoms with Gasteiger partial charge in [0.2, 0.25) is 5.96 Å². The molecular formula is C13H19FN4. The zero-order valence-corrected chi connectivity index (χ0v) is 10.5. The Morgan fingerprint density at radius 1 is 1.33 bits per heavy atom. The van der Waals surface area contributed by atoms with Crippen LogP contribution in [0.25, 0.3) is 0 Å². The molecule has 0 bridgehead atoms. The summed E-state index contributed by atoms with van der Waals surface area (Å²) in [5.41, 5.74) is 4.04. The van der Waals surface area contributed by atoms with Gasteiger partial charge in [0.05, 0.1) is 6.04 Å². The van der Waals surface area contributed by atoms with Crippen LogP contribution in [-0.4, -0.2) is 12.0 Å². The number of halogens is 1. The quantitative estimate of drug-likeness (QED) is 0.327. The molecule has 0 atom stereocenters. The zero-order chi connectivity index (χ0) is 13.0. The van der Waals surface area contributed by atoms with Crippen molar-refractivity contribution in [3.63, 3.8) is 0 Å². The molecule has 1 aromatic rings. The van der Waals surface area contributed by atoms with E-state index in [1.807, 2.05) is 13.0 Å². The number of hydrogen-bond acceptors (Lipinski definition) is 2. The van der Waals surface area contributed by atoms with Crippen molar-refractivity contribution < 1.29 is 4.39 Å². The summed E-state index contributed by atoms with van der Waals surface area (Å²) in [6.07, 6.45) is 4.61. The average Bonchev–Trinajstić information content (AvgIpc) is 2.79. The number of guanidine groups is 1. The molecule has 4 N–H and O–H groups in total. The van der Waals surface area contributed by atoms with Crippen LogP contribution in [0.1, 0.15) is 31.2 Å². The lowest BCUT2D eigenvalue weighted by Crippen LogP contribution is -2.37. The molecular weight excluding hydrogens is 231 g/mol. The molecule has 4 nitrogen and oxygen atoms in total. The average molecular weight is 250 g/mol. The van der Waals surface area contributed by atoms with Crippen LogP contribution in [0.2, 0.25) is 0 Å². The number of nitrogens with zero attached hydrogens (tertiary/aromatic N) is 1. The highest BCUT2D eigenvalue weighted by molar-refractivity contribution is 5.93. The molecule has 0 saturated heterocycles. The molecule has 0 amide bonds. The normalized spacial score (nSPS) is 16.9. The molecule has 1 aromatic carbocycles. The van der Waals surface area contributed by atoms with E-state index in [2.05, 4.69) is 15.7 Å². The number of aliphatic imine (C=N–C) groups is 1. The molecule has 1 fully saturated rings. The van der Waals surface area contributed by atoms with E-state index >= 15 is 0 Å². The Labute approximate surface area is 106 Å². The zero-order valence-electron chi connectivity index (χ0n) is 10.5. The smallest absolute Gasteiger partial charge is 0.210 e. The van der Waals surface area contributed by atoms with Crippen LogP contribution < -0.4 is 16.6 Å². The van der Waals surface area contributed by atoms with Crippen molar-refractivity contribution in [2.45, 2.75) is 38.6 Å². The minimum absolute atomic E-state index is 0.269. The van der Waals surface area contributed by atoms with Gasteiger partial charge in [0.15, 0.2) is 0 Å². The SMILES string of the molecule is Cc1cc(F)cc(NC(=NC2CCCC2)NN)c1. The van der Waals surface area contributed by atoms with Crippen molar-refractivity contribution in [3.8, 4) is 0 Å². The number of nitrogens with one attached hydrogen (secondary N) is 2. The van der Waals surface area contributed by atoms with Gasteiger partial charge in [-0.2, -0.15) is 0 Å². The number of nitrogens with two attached hydrogens (primary N) is 1. The summed E-state index contributed by atoms with van der Waals surface area (Å²) >= 11 is 0. The topological polar surface area (TPSA) is 62.4 Å². The standard InChI is InChI=1S/C13H19FN4/c1-9-6-10(14)8-12(7-9)17-13(18-15)16-11-4-2-3-5-11/h6-8,11H,2-5,15H2,1H3,(H2,16,17,18). The fourth-order valence-corrected chi connectivity index (χ4v) is 2.27. The molecule has 2 rings (SSSR count). The monoisotopic (exact) mass is 250 g/mol. The lowest BCUT2D eigenvalue weighted by Gasteiger charge is -2.12. The fourth-order valence-electron chi connectivity index (χ4n) is 2.27. The Morgan fingerprint density at radius 2 is 2.06 bits per heavy atom. The summed E-state index contributed by atoms with van der Waals surface area (Å²) in [6, 6.07) is 5.08. The first-order chi connectivity index (χ1) is 8.67. The van der Waals surface area contributed by atoms with E-state index in [4.69, 9.17) is 5.84 Å². The Hall–Kier alpha value is -1.62. The van der Waals surface area contributed by atoms with Crippen LogP contribution in [0.15, 0.2) is 23.2 Å². The van der Waals surface area contributed by atoms with Crippen LogP contribution in [0, 0.1) is 12.7 Å². The second-order valence-corrected chi connectivity index (χ2v) is 4.70. The highest BCUT2D eigenvalue weighted by Gasteiger charge is 2.14. The van der Waals surface area contributed by atoms with Crippen molar-refractivity contribution in [1.29, 1.82) is 0 Å². The molecule has 1 aliphatic carbocycles. The predicted octanol–water partition coefficient (Wildman–Crippen LogP) is 2.31. The summed E-state index contributed by atoms with van der Waals surface area (Å²) < 4.78 is 13.3. The number of rotatable bonds is 2. The maximum Gasteiger partial charge on any atom is 0.210 e. The van der Waals surface area contributed by atoms with E-state index < -0.39 is 0 Å². The molecule has 1 aliphatic rings. The van der Waals surface area contributed by atoms with Gasteiger partial charge >= 0.3 is 0 Å². The van der Waals surface area contributed by atoms with Crippen LogP contribution in [0.3, 0.4) is 0 Å². The van der Waals surface area contributed by atoms with Crippen molar-refractivity contribution in [2.75, 3.05) is 5.32 Å². The Bertz CT molecular complexity index is 418. The highest BCUT2D eigenvalue weighted by atomic mass is 19.1. The second-order valence-electron chi connectivity index (χ2n) is 4.70. The van der Waals surface area contributed by atoms with Crippen LogP contribution in [0.4, 0.5) is 10.1 Å². The van der Waals surface area contributed by atoms with E-state index in [0.717, 1.165) is 18.4 Å². The van der Waals surface area contributed by atoms with Crippen molar-refractivity contribution in [2.24, 2.45) is 10.8 Å². The first kappa shape index (κ1) is 12.8. The lowest BCUT2D eigenvalue weighted by molar-refractivity contribution is 0.627. The maximum atomic E-state index is 13.3. The largest absolute Gasteiger partial charge is 0.325 e. The van der Waals surface area contributed by atoms with Gasteiger partial charge in [0.1, 0.15) is 5.82 Å². The minimum atomic E-state index is -0.269. The molecule has 1 saturated carbocycles. The Kier molecular flexibility index (Phi) is 4.15. The highest BCUT2D eigenvalue weighted by Crippen LogP contribution is 2.21. The predicted molar refractivity (Wildman–Crippen MR) is 71.8 cm³/mol. The molecule has 0 aliphatic heterocycles. The fraction of sp³-hybridized carbons (Fsp3) is 0.462. The third kappa shape index (κ3) is 3.43. The van der Waals surface area contributed by atoms with Gasteiger partial charge in [-0.15, -0.1) is 0 Å². The first-order valence-electron chi connectivity index (χ1n) is 6.26. The summed E-state index contributed by atoms with van der Waals surface area (Å²) in [6.45, 7) is 1.85. The van der Waals surface area contributed by atoms with Crippen LogP contribution in [-0.2, 0) is 0 Å². The van der Waals surface area contributed by atoms with E-state index in [-0.39, 0.29) is 5.82 Å². The van der Waals surface area contributed by atoms with E-state index in [1.165, 1.54) is 25.0 Å². The summed E-state index contributed by atoms with van der Waals surface area (Å²) in [4.78, 5) is 4.50. The van der Waals surface area contributed by atoms with Gasteiger partial charge < -0.3 is 5.32 Å². The van der Waals surface area contributed by atoms with Gasteiger partial charge in [0, 0.05) is 5.69 Å². The molecule has 0 radical (unpaired) electrons. The van der Waals surface area contributed by atoms with Crippen LogP contribution >= 0.6 is 0 Å². The van der Waals surface area contributed by atoms with Crippen LogP contribution in [0.5, 0.6) is 0 Å². The van der Waals surface area contributed by atoms with Gasteiger partial charge in [-0.3, -0.25) is 5.43 Å². The number of anilines is 1. The first-order valence-corrected chi connectivity index (χ1v) is 6.26. The number of hydrazine groups is 1. The van der Waals surface area contributed by atoms with Crippen molar-refractivity contribution >= 4 is 11.6 Å². The summed E-state index contributed by atoms with van der Waals surface area (Å²) in [7, 11) is 0. The molecule has 0 aromatic heterocycles. The third-order valence-electron chi connectivity index (χ3n) is 3.08. The molecule has 5 heteroatoms. The van der Waals surface area contributed by atoms with Gasteiger partial charge in [-0.05, 0) is 43.5 Å². The number of aryl methyl sites for hydroxylation is 1. The van der Waals surface area contributed by atoms with Crippen molar-refractivity contribution in [1.82, 2.24) is 5.43 Å². The Balaban J connectivity index is 2.09. The molecule has 0 spiro atoms. The minimum Gasteiger partial charge on any atom is -0.325 e. The van der Waals surface area contributed by atoms with E-state index in [0.29, 0.717) is 17.7 Å². The van der Waals surface area contributed by atoms with E-state index in [1.54, 1.807) is 0 Å². The second kappa shape index (κ2) is 5.82. The maximum absolute atomic E-state index is 13.3. The summed E-state index contributed by atoms with van der Waals surface area (Å²) in [5, 5.41) is 3.01. The molecule has 0 heterocycles. The molecule has 98 valence electrons. The number of hydrogen-bond donors (Lipinski definition) is 3. The lowest BCUT2D eigenvalue weighted by atomic mass is 10.2. The summed E-state index contributed by atoms with van der Waals surface area (Å²) in [5.74, 6) is 5.66. The third-order valence-corrected chi connectivity index (χ3v) is 3.08.